The predicted octanol–water partition coefficient (Wildman–Crippen LogP) is 3.47. The van der Waals surface area contributed by atoms with Crippen LogP contribution in [0.3, 0.4) is 0 Å². The molecule has 1 rings (SSSR count). The van der Waals surface area contributed by atoms with Crippen LogP contribution in [0.5, 0.6) is 0 Å². The predicted molar refractivity (Wildman–Crippen MR) is 53.1 cm³/mol. The Balaban J connectivity index is 3.57. The van der Waals surface area contributed by atoms with Crippen molar-refractivity contribution in [3.8, 4) is 0 Å². The molecule has 0 heterocycles. The number of alkyl halides is 3. The first-order valence-corrected chi connectivity index (χ1v) is 4.58. The highest BCUT2D eigenvalue weighted by atomic mass is 35.5. The summed E-state index contributed by atoms with van der Waals surface area (Å²) >= 11 is 5.30. The van der Waals surface area contributed by atoms with Gasteiger partial charge in [0.15, 0.2) is 5.78 Å². The van der Waals surface area contributed by atoms with E-state index in [4.69, 9.17) is 11.6 Å². The highest BCUT2D eigenvalue weighted by molar-refractivity contribution is 6.31. The molecule has 0 aliphatic rings. The fraction of sp³-hybridized carbons (Fsp3) is 0.222. The summed E-state index contributed by atoms with van der Waals surface area (Å²) in [6.07, 6.45) is -4.77. The first-order chi connectivity index (χ1) is 7.64. The Bertz CT molecular complexity index is 499. The number of rotatable bonds is 2. The van der Waals surface area contributed by atoms with Crippen molar-refractivity contribution >= 4 is 23.1 Å². The van der Waals surface area contributed by atoms with Gasteiger partial charge in [0.2, 0.25) is 0 Å². The average Bonchev–Trinajstić information content (AvgIpc) is 2.14. The normalized spacial score (nSPS) is 11.4. The number of hydrogen-bond acceptors (Lipinski definition) is 3. The van der Waals surface area contributed by atoms with Gasteiger partial charge in [0, 0.05) is 6.07 Å². The van der Waals surface area contributed by atoms with Crippen molar-refractivity contribution in [1.29, 1.82) is 0 Å². The van der Waals surface area contributed by atoms with E-state index < -0.39 is 38.7 Å². The fourth-order valence-electron chi connectivity index (χ4n) is 1.21. The minimum atomic E-state index is -4.77. The van der Waals surface area contributed by atoms with Crippen LogP contribution in [0.2, 0.25) is 5.02 Å². The molecular weight excluding hydrogens is 263 g/mol. The van der Waals surface area contributed by atoms with Gasteiger partial charge in [-0.15, -0.1) is 0 Å². The SMILES string of the molecule is CC(=O)c1cc(C(F)(F)F)c(Cl)cc1[N+](=O)[O-]. The van der Waals surface area contributed by atoms with Gasteiger partial charge in [-0.3, -0.25) is 14.9 Å². The van der Waals surface area contributed by atoms with Crippen molar-refractivity contribution < 1.29 is 22.9 Å². The third kappa shape index (κ3) is 2.73. The summed E-state index contributed by atoms with van der Waals surface area (Å²) in [5.74, 6) is -0.834. The molecule has 0 aliphatic carbocycles. The second kappa shape index (κ2) is 4.33. The Morgan fingerprint density at radius 3 is 2.29 bits per heavy atom. The van der Waals surface area contributed by atoms with Crippen LogP contribution in [-0.2, 0) is 6.18 Å². The van der Waals surface area contributed by atoms with Crippen LogP contribution in [0.25, 0.3) is 0 Å². The van der Waals surface area contributed by atoms with Crippen LogP contribution >= 0.6 is 11.6 Å². The third-order valence-electron chi connectivity index (χ3n) is 1.97. The Hall–Kier alpha value is -1.63. The van der Waals surface area contributed by atoms with E-state index in [-0.39, 0.29) is 0 Å². The number of carbonyl (C=O) groups excluding carboxylic acids is 1. The summed E-state index contributed by atoms with van der Waals surface area (Å²) in [7, 11) is 0. The maximum atomic E-state index is 12.5. The molecule has 4 nitrogen and oxygen atoms in total. The third-order valence-corrected chi connectivity index (χ3v) is 2.28. The summed E-state index contributed by atoms with van der Waals surface area (Å²) in [5.41, 5.74) is -2.63. The Kier molecular flexibility index (Phi) is 3.42. The van der Waals surface area contributed by atoms with Gasteiger partial charge in [0.1, 0.15) is 0 Å². The molecule has 0 aromatic heterocycles. The van der Waals surface area contributed by atoms with E-state index >= 15 is 0 Å². The molecule has 0 aliphatic heterocycles. The van der Waals surface area contributed by atoms with Crippen molar-refractivity contribution in [1.82, 2.24) is 0 Å². The second-order valence-electron chi connectivity index (χ2n) is 3.16. The first kappa shape index (κ1) is 13.4. The molecule has 1 aromatic carbocycles. The van der Waals surface area contributed by atoms with Crippen LogP contribution in [0.15, 0.2) is 12.1 Å². The summed E-state index contributed by atoms with van der Waals surface area (Å²) in [6.45, 7) is 0.941. The van der Waals surface area contributed by atoms with E-state index in [0.29, 0.717) is 12.1 Å². The van der Waals surface area contributed by atoms with Crippen LogP contribution in [0.4, 0.5) is 18.9 Å². The number of nitro groups is 1. The molecule has 0 unspecified atom stereocenters. The van der Waals surface area contributed by atoms with E-state index in [1.807, 2.05) is 0 Å². The number of benzene rings is 1. The van der Waals surface area contributed by atoms with Crippen molar-refractivity contribution in [2.75, 3.05) is 0 Å². The van der Waals surface area contributed by atoms with Crippen LogP contribution in [0.1, 0.15) is 22.8 Å². The van der Waals surface area contributed by atoms with Gasteiger partial charge in [-0.05, 0) is 13.0 Å². The van der Waals surface area contributed by atoms with Gasteiger partial charge >= 0.3 is 6.18 Å². The maximum Gasteiger partial charge on any atom is 0.417 e. The molecule has 1 aromatic rings. The Labute approximate surface area is 98.1 Å². The lowest BCUT2D eigenvalue weighted by Gasteiger charge is -2.10. The van der Waals surface area contributed by atoms with Gasteiger partial charge in [-0.1, -0.05) is 11.6 Å². The second-order valence-corrected chi connectivity index (χ2v) is 3.57. The molecule has 0 atom stereocenters. The molecule has 0 fully saturated rings. The maximum absolute atomic E-state index is 12.5. The van der Waals surface area contributed by atoms with Gasteiger partial charge in [0.05, 0.1) is 21.1 Å². The van der Waals surface area contributed by atoms with Crippen LogP contribution in [0, 0.1) is 10.1 Å². The number of nitrogens with zero attached hydrogens (tertiary/aromatic N) is 1. The highest BCUT2D eigenvalue weighted by Gasteiger charge is 2.36. The zero-order chi connectivity index (χ0) is 13.4. The lowest BCUT2D eigenvalue weighted by Crippen LogP contribution is -2.09. The standard InChI is InChI=1S/C9H5ClF3NO3/c1-4(15)5-2-6(9(11,12)13)7(10)3-8(5)14(16)17/h2-3H,1H3. The minimum Gasteiger partial charge on any atom is -0.294 e. The number of hydrogen-bond donors (Lipinski definition) is 0. The van der Waals surface area contributed by atoms with Crippen LogP contribution < -0.4 is 0 Å². The largest absolute Gasteiger partial charge is 0.417 e. The summed E-state index contributed by atoms with van der Waals surface area (Å²) in [4.78, 5) is 20.6. The summed E-state index contributed by atoms with van der Waals surface area (Å²) < 4.78 is 37.4. The molecule has 0 radical (unpaired) electrons. The monoisotopic (exact) mass is 267 g/mol. The lowest BCUT2D eigenvalue weighted by molar-refractivity contribution is -0.385. The van der Waals surface area contributed by atoms with Gasteiger partial charge in [-0.25, -0.2) is 0 Å². The Morgan fingerprint density at radius 2 is 1.94 bits per heavy atom. The van der Waals surface area contributed by atoms with E-state index in [0.717, 1.165) is 6.92 Å². The molecule has 0 amide bonds. The molecule has 8 heteroatoms. The molecule has 17 heavy (non-hydrogen) atoms. The average molecular weight is 268 g/mol. The highest BCUT2D eigenvalue weighted by Crippen LogP contribution is 2.38. The van der Waals surface area contributed by atoms with Gasteiger partial charge in [0.25, 0.3) is 5.69 Å². The van der Waals surface area contributed by atoms with Gasteiger partial charge in [-0.2, -0.15) is 13.2 Å². The molecule has 0 N–H and O–H groups in total. The zero-order valence-corrected chi connectivity index (χ0v) is 9.09. The van der Waals surface area contributed by atoms with Crippen molar-refractivity contribution in [2.24, 2.45) is 0 Å². The fourth-order valence-corrected chi connectivity index (χ4v) is 1.48. The number of nitro benzene ring substituents is 1. The molecule has 92 valence electrons. The topological polar surface area (TPSA) is 60.2 Å². The summed E-state index contributed by atoms with van der Waals surface area (Å²) in [6, 6.07) is 0.921. The van der Waals surface area contributed by atoms with Crippen LogP contribution in [-0.4, -0.2) is 10.7 Å². The number of Topliss-reactive ketones (excluding diaryl/α,β-unsaturated/α-hetero) is 1. The summed E-state index contributed by atoms with van der Waals surface area (Å²) in [5, 5.41) is 9.74. The van der Waals surface area contributed by atoms with E-state index in [1.54, 1.807) is 0 Å². The smallest absolute Gasteiger partial charge is 0.294 e. The zero-order valence-electron chi connectivity index (χ0n) is 8.34. The number of halogens is 4. The quantitative estimate of drug-likeness (QED) is 0.468. The Morgan fingerprint density at radius 1 is 1.41 bits per heavy atom. The number of carbonyl (C=O) groups is 1. The van der Waals surface area contributed by atoms with Crippen molar-refractivity contribution in [3.63, 3.8) is 0 Å². The van der Waals surface area contributed by atoms with E-state index in [9.17, 15) is 28.1 Å². The lowest BCUT2D eigenvalue weighted by atomic mass is 10.1. The molecular formula is C9H5ClF3NO3. The molecule has 0 spiro atoms. The molecule has 0 bridgehead atoms. The van der Waals surface area contributed by atoms with E-state index in [2.05, 4.69) is 0 Å². The van der Waals surface area contributed by atoms with Crippen molar-refractivity contribution in [3.05, 3.63) is 38.4 Å². The first-order valence-electron chi connectivity index (χ1n) is 4.20. The van der Waals surface area contributed by atoms with Gasteiger partial charge < -0.3 is 0 Å². The van der Waals surface area contributed by atoms with Crippen molar-refractivity contribution in [2.45, 2.75) is 13.1 Å². The number of ketones is 1. The molecule has 0 saturated heterocycles. The minimum absolute atomic E-state index is 0.392. The molecule has 0 saturated carbocycles. The van der Waals surface area contributed by atoms with E-state index in [1.165, 1.54) is 0 Å².